The van der Waals surface area contributed by atoms with Crippen molar-refractivity contribution in [1.29, 1.82) is 0 Å². The third kappa shape index (κ3) is 4.61. The molecule has 1 fully saturated rings. The molecule has 0 aliphatic carbocycles. The van der Waals surface area contributed by atoms with Gasteiger partial charge in [0, 0.05) is 24.8 Å². The molecule has 1 aliphatic rings. The van der Waals surface area contributed by atoms with E-state index >= 15 is 0 Å². The van der Waals surface area contributed by atoms with E-state index in [2.05, 4.69) is 24.4 Å². The largest absolute Gasteiger partial charge is 0.467 e. The number of nitrogens with zero attached hydrogens (tertiary/aromatic N) is 1. The van der Waals surface area contributed by atoms with Crippen molar-refractivity contribution < 1.29 is 13.9 Å². The number of amides is 1. The normalized spacial score (nSPS) is 17.0. The van der Waals surface area contributed by atoms with Crippen LogP contribution in [0.2, 0.25) is 0 Å². The van der Waals surface area contributed by atoms with Crippen LogP contribution < -0.4 is 10.2 Å². The quantitative estimate of drug-likeness (QED) is 0.849. The highest BCUT2D eigenvalue weighted by Gasteiger charge is 2.18. The van der Waals surface area contributed by atoms with Gasteiger partial charge in [0.2, 0.25) is 5.91 Å². The lowest BCUT2D eigenvalue weighted by Gasteiger charge is -2.24. The number of aryl methyl sites for hydroxylation is 1. The highest BCUT2D eigenvalue weighted by molar-refractivity contribution is 5.81. The van der Waals surface area contributed by atoms with E-state index < -0.39 is 0 Å². The fourth-order valence-electron chi connectivity index (χ4n) is 2.82. The average molecular weight is 328 g/mol. The van der Waals surface area contributed by atoms with Crippen LogP contribution in [-0.2, 0) is 16.1 Å². The van der Waals surface area contributed by atoms with E-state index in [1.54, 1.807) is 6.26 Å². The Morgan fingerprint density at radius 1 is 1.29 bits per heavy atom. The monoisotopic (exact) mass is 328 g/mol. The van der Waals surface area contributed by atoms with Gasteiger partial charge in [0.1, 0.15) is 5.76 Å². The van der Waals surface area contributed by atoms with Crippen LogP contribution in [0.15, 0.2) is 47.1 Å². The van der Waals surface area contributed by atoms with Crippen LogP contribution in [0.4, 0.5) is 5.69 Å². The summed E-state index contributed by atoms with van der Waals surface area (Å²) in [5.74, 6) is 1.30. The van der Waals surface area contributed by atoms with Crippen molar-refractivity contribution in [1.82, 2.24) is 5.32 Å². The summed E-state index contributed by atoms with van der Waals surface area (Å²) in [7, 11) is 0. The van der Waals surface area contributed by atoms with Crippen molar-refractivity contribution in [2.75, 3.05) is 31.2 Å². The lowest BCUT2D eigenvalue weighted by molar-refractivity contribution is -0.120. The molecule has 0 bridgehead atoms. The van der Waals surface area contributed by atoms with Gasteiger partial charge in [0.15, 0.2) is 0 Å². The van der Waals surface area contributed by atoms with Crippen molar-refractivity contribution in [3.63, 3.8) is 0 Å². The minimum atomic E-state index is 0.0223. The van der Waals surface area contributed by atoms with E-state index in [1.807, 2.05) is 29.2 Å². The molecule has 0 radical (unpaired) electrons. The van der Waals surface area contributed by atoms with E-state index in [4.69, 9.17) is 9.15 Å². The maximum absolute atomic E-state index is 12.4. The highest BCUT2D eigenvalue weighted by Crippen LogP contribution is 2.18. The number of benzene rings is 1. The Morgan fingerprint density at radius 3 is 2.79 bits per heavy atom. The summed E-state index contributed by atoms with van der Waals surface area (Å²) < 4.78 is 10.8. The fourth-order valence-corrected chi connectivity index (χ4v) is 2.82. The smallest absolute Gasteiger partial charge is 0.239 e. The molecule has 2 aromatic rings. The number of hydrogen-bond donors (Lipinski definition) is 1. The second-order valence-corrected chi connectivity index (χ2v) is 6.30. The summed E-state index contributed by atoms with van der Waals surface area (Å²) in [6, 6.07) is 12.0. The van der Waals surface area contributed by atoms with Crippen LogP contribution in [0.3, 0.4) is 0 Å². The van der Waals surface area contributed by atoms with Crippen LogP contribution >= 0.6 is 0 Å². The maximum Gasteiger partial charge on any atom is 0.239 e. The Bertz CT molecular complexity index is 631. The lowest BCUT2D eigenvalue weighted by Crippen LogP contribution is -2.39. The van der Waals surface area contributed by atoms with E-state index in [1.165, 1.54) is 5.56 Å². The molecule has 0 unspecified atom stereocenters. The van der Waals surface area contributed by atoms with Gasteiger partial charge in [-0.2, -0.15) is 0 Å². The molecule has 3 rings (SSSR count). The molecule has 0 saturated carbocycles. The number of ether oxygens (including phenoxy) is 1. The Balaban J connectivity index is 1.62. The average Bonchev–Trinajstić information content (AvgIpc) is 3.27. The van der Waals surface area contributed by atoms with Crippen molar-refractivity contribution in [3.8, 4) is 0 Å². The Hall–Kier alpha value is -2.27. The van der Waals surface area contributed by atoms with Crippen LogP contribution in [0.5, 0.6) is 0 Å². The molecule has 2 heterocycles. The molecule has 1 atom stereocenters. The molecule has 5 heteroatoms. The van der Waals surface area contributed by atoms with Gasteiger partial charge in [-0.1, -0.05) is 17.7 Å². The van der Waals surface area contributed by atoms with Gasteiger partial charge in [-0.15, -0.1) is 0 Å². The SMILES string of the molecule is Cc1ccc(N(CC(=O)NC[C@@H]2CCOC2)Cc2ccco2)cc1. The number of carbonyl (C=O) groups is 1. The first-order valence-corrected chi connectivity index (χ1v) is 8.39. The second kappa shape index (κ2) is 8.02. The van der Waals surface area contributed by atoms with Gasteiger partial charge >= 0.3 is 0 Å². The zero-order valence-corrected chi connectivity index (χ0v) is 14.0. The second-order valence-electron chi connectivity index (χ2n) is 6.30. The number of furan rings is 1. The molecule has 24 heavy (non-hydrogen) atoms. The standard InChI is InChI=1S/C19H24N2O3/c1-15-4-6-17(7-5-15)21(12-18-3-2-9-24-18)13-19(22)20-11-16-8-10-23-14-16/h2-7,9,16H,8,10-14H2,1H3,(H,20,22)/t16-/m0/s1. The summed E-state index contributed by atoms with van der Waals surface area (Å²) in [6.45, 7) is 5.15. The predicted octanol–water partition coefficient (Wildman–Crippen LogP) is 2.75. The molecule has 5 nitrogen and oxygen atoms in total. The molecule has 1 aromatic carbocycles. The first-order valence-electron chi connectivity index (χ1n) is 8.39. The first-order chi connectivity index (χ1) is 11.7. The first kappa shape index (κ1) is 16.6. The molecule has 1 aliphatic heterocycles. The number of hydrogen-bond acceptors (Lipinski definition) is 4. The number of carbonyl (C=O) groups excluding carboxylic acids is 1. The summed E-state index contributed by atoms with van der Waals surface area (Å²) in [5, 5.41) is 3.02. The Morgan fingerprint density at radius 2 is 2.12 bits per heavy atom. The Kier molecular flexibility index (Phi) is 5.54. The van der Waals surface area contributed by atoms with Crippen molar-refractivity contribution in [2.24, 2.45) is 5.92 Å². The minimum Gasteiger partial charge on any atom is -0.467 e. The van der Waals surface area contributed by atoms with E-state index in [9.17, 15) is 4.79 Å². The molecular formula is C19H24N2O3. The molecule has 1 aromatic heterocycles. The lowest BCUT2D eigenvalue weighted by atomic mass is 10.1. The molecule has 0 spiro atoms. The van der Waals surface area contributed by atoms with Crippen LogP contribution in [0.25, 0.3) is 0 Å². The minimum absolute atomic E-state index is 0.0223. The summed E-state index contributed by atoms with van der Waals surface area (Å²) >= 11 is 0. The molecule has 128 valence electrons. The summed E-state index contributed by atoms with van der Waals surface area (Å²) in [5.41, 5.74) is 2.21. The van der Waals surface area contributed by atoms with Gasteiger partial charge in [0.25, 0.3) is 0 Å². The topological polar surface area (TPSA) is 54.7 Å². The molecule has 1 saturated heterocycles. The van der Waals surface area contributed by atoms with Crippen LogP contribution in [0, 0.1) is 12.8 Å². The zero-order valence-electron chi connectivity index (χ0n) is 14.0. The maximum atomic E-state index is 12.4. The summed E-state index contributed by atoms with van der Waals surface area (Å²) in [6.07, 6.45) is 2.68. The molecule has 1 amide bonds. The number of nitrogens with one attached hydrogen (secondary N) is 1. The van der Waals surface area contributed by atoms with Gasteiger partial charge in [0.05, 0.1) is 26.0 Å². The van der Waals surface area contributed by atoms with E-state index in [0.717, 1.165) is 31.1 Å². The fraction of sp³-hybridized carbons (Fsp3) is 0.421. The zero-order chi connectivity index (χ0) is 16.8. The van der Waals surface area contributed by atoms with Gasteiger partial charge in [-0.05, 0) is 37.6 Å². The van der Waals surface area contributed by atoms with Crippen LogP contribution in [-0.4, -0.2) is 32.2 Å². The Labute approximate surface area is 142 Å². The third-order valence-electron chi connectivity index (χ3n) is 4.27. The van der Waals surface area contributed by atoms with Gasteiger partial charge in [-0.3, -0.25) is 4.79 Å². The van der Waals surface area contributed by atoms with Crippen molar-refractivity contribution in [3.05, 3.63) is 54.0 Å². The predicted molar refractivity (Wildman–Crippen MR) is 92.9 cm³/mol. The van der Waals surface area contributed by atoms with Crippen molar-refractivity contribution >= 4 is 11.6 Å². The number of rotatable bonds is 7. The van der Waals surface area contributed by atoms with E-state index in [0.29, 0.717) is 25.6 Å². The van der Waals surface area contributed by atoms with Gasteiger partial charge in [-0.25, -0.2) is 0 Å². The van der Waals surface area contributed by atoms with Gasteiger partial charge < -0.3 is 19.4 Å². The molecule has 1 N–H and O–H groups in total. The molecular weight excluding hydrogens is 304 g/mol. The van der Waals surface area contributed by atoms with E-state index in [-0.39, 0.29) is 5.91 Å². The van der Waals surface area contributed by atoms with Crippen LogP contribution in [0.1, 0.15) is 17.7 Å². The number of anilines is 1. The summed E-state index contributed by atoms with van der Waals surface area (Å²) in [4.78, 5) is 14.4. The highest BCUT2D eigenvalue weighted by atomic mass is 16.5. The third-order valence-corrected chi connectivity index (χ3v) is 4.27. The van der Waals surface area contributed by atoms with Crippen molar-refractivity contribution in [2.45, 2.75) is 19.9 Å².